The van der Waals surface area contributed by atoms with Crippen LogP contribution in [0.5, 0.6) is 5.75 Å². The zero-order valence-corrected chi connectivity index (χ0v) is 17.3. The van der Waals surface area contributed by atoms with Gasteiger partial charge < -0.3 is 20.7 Å². The molecule has 3 N–H and O–H groups in total. The predicted molar refractivity (Wildman–Crippen MR) is 116 cm³/mol. The lowest BCUT2D eigenvalue weighted by molar-refractivity contribution is -0.113. The minimum atomic E-state index is -0.408. The largest absolute Gasteiger partial charge is 0.491 e. The van der Waals surface area contributed by atoms with Crippen molar-refractivity contribution in [2.75, 3.05) is 5.32 Å². The number of allylic oxidation sites excluding steroid dienone is 1. The number of anilines is 1. The molecule has 1 aliphatic heterocycles. The number of para-hydroxylation sites is 1. The van der Waals surface area contributed by atoms with Crippen molar-refractivity contribution in [1.82, 2.24) is 10.6 Å². The van der Waals surface area contributed by atoms with Crippen LogP contribution in [0.1, 0.15) is 37.9 Å². The molecule has 146 valence electrons. The summed E-state index contributed by atoms with van der Waals surface area (Å²) in [6.45, 7) is 7.82. The molecule has 0 fully saturated rings. The molecule has 28 heavy (non-hydrogen) atoms. The molecule has 1 atom stereocenters. The molecule has 0 saturated heterocycles. The maximum absolute atomic E-state index is 13.2. The molecule has 6 heteroatoms. The van der Waals surface area contributed by atoms with E-state index in [1.165, 1.54) is 0 Å². The normalized spacial score (nSPS) is 16.5. The van der Waals surface area contributed by atoms with E-state index in [9.17, 15) is 4.79 Å². The molecule has 0 saturated carbocycles. The van der Waals surface area contributed by atoms with Gasteiger partial charge >= 0.3 is 0 Å². The first-order valence-electron chi connectivity index (χ1n) is 9.27. The van der Waals surface area contributed by atoms with E-state index in [2.05, 4.69) is 16.0 Å². The molecular formula is C22H25N3O2S. The van der Waals surface area contributed by atoms with Gasteiger partial charge in [-0.1, -0.05) is 35.9 Å². The highest BCUT2D eigenvalue weighted by Gasteiger charge is 2.31. The third-order valence-electron chi connectivity index (χ3n) is 4.42. The van der Waals surface area contributed by atoms with Crippen LogP contribution >= 0.6 is 12.2 Å². The van der Waals surface area contributed by atoms with Gasteiger partial charge in [-0.25, -0.2) is 0 Å². The summed E-state index contributed by atoms with van der Waals surface area (Å²) in [7, 11) is 0. The number of benzene rings is 2. The molecule has 2 aromatic rings. The number of thiocarbonyl (C=S) groups is 1. The number of carbonyl (C=O) groups is 1. The second kappa shape index (κ2) is 8.44. The summed E-state index contributed by atoms with van der Waals surface area (Å²) in [4.78, 5) is 13.2. The zero-order valence-electron chi connectivity index (χ0n) is 16.5. The lowest BCUT2D eigenvalue weighted by atomic mass is 9.94. The van der Waals surface area contributed by atoms with Crippen LogP contribution < -0.4 is 20.7 Å². The number of nitrogens with one attached hydrogen (secondary N) is 3. The summed E-state index contributed by atoms with van der Waals surface area (Å²) in [5.74, 6) is 0.543. The molecule has 0 radical (unpaired) electrons. The van der Waals surface area contributed by atoms with Crippen molar-refractivity contribution in [3.05, 3.63) is 70.9 Å². The van der Waals surface area contributed by atoms with Gasteiger partial charge in [-0.15, -0.1) is 0 Å². The Balaban J connectivity index is 1.97. The Labute approximate surface area is 171 Å². The van der Waals surface area contributed by atoms with Crippen molar-refractivity contribution in [2.45, 2.75) is 39.8 Å². The van der Waals surface area contributed by atoms with E-state index in [1.807, 2.05) is 76.2 Å². The Bertz CT molecular complexity index is 920. The van der Waals surface area contributed by atoms with Crippen molar-refractivity contribution < 1.29 is 9.53 Å². The number of amides is 1. The van der Waals surface area contributed by atoms with Crippen LogP contribution in [0.15, 0.2) is 59.8 Å². The van der Waals surface area contributed by atoms with E-state index in [1.54, 1.807) is 0 Å². The Morgan fingerprint density at radius 1 is 1.11 bits per heavy atom. The third-order valence-corrected chi connectivity index (χ3v) is 4.64. The van der Waals surface area contributed by atoms with E-state index in [4.69, 9.17) is 17.0 Å². The number of rotatable bonds is 5. The Kier molecular flexibility index (Phi) is 5.99. The van der Waals surface area contributed by atoms with Crippen LogP contribution in [0.4, 0.5) is 5.69 Å². The molecule has 5 nitrogen and oxygen atoms in total. The van der Waals surface area contributed by atoms with Gasteiger partial charge in [0.05, 0.1) is 17.7 Å². The molecular weight excluding hydrogens is 370 g/mol. The lowest BCUT2D eigenvalue weighted by Crippen LogP contribution is -2.45. The first kappa shape index (κ1) is 19.9. The second-order valence-electron chi connectivity index (χ2n) is 7.09. The van der Waals surface area contributed by atoms with Crippen molar-refractivity contribution in [3.63, 3.8) is 0 Å². The first-order chi connectivity index (χ1) is 13.3. The minimum Gasteiger partial charge on any atom is -0.491 e. The number of ether oxygens (including phenoxy) is 1. The van der Waals surface area contributed by atoms with E-state index in [-0.39, 0.29) is 12.0 Å². The summed E-state index contributed by atoms with van der Waals surface area (Å²) < 4.78 is 5.97. The van der Waals surface area contributed by atoms with Crippen LogP contribution in [0, 0.1) is 6.92 Å². The average molecular weight is 396 g/mol. The van der Waals surface area contributed by atoms with E-state index in [0.717, 1.165) is 28.3 Å². The van der Waals surface area contributed by atoms with Gasteiger partial charge in [0.25, 0.3) is 5.91 Å². The molecule has 0 aliphatic carbocycles. The standard InChI is InChI=1S/C22H25N3O2S/c1-13(2)27-18-8-6-5-7-17(18)20-19(15(4)23-22(28)25-20)21(26)24-16-11-9-14(3)10-12-16/h5-13,20H,1-4H3,(H,24,26)(H2,23,25,28)/t20-/m0/s1. The summed E-state index contributed by atoms with van der Waals surface area (Å²) in [6, 6.07) is 15.0. The molecule has 0 bridgehead atoms. The maximum atomic E-state index is 13.2. The van der Waals surface area contributed by atoms with Crippen molar-refractivity contribution in [2.24, 2.45) is 0 Å². The second-order valence-corrected chi connectivity index (χ2v) is 7.50. The average Bonchev–Trinajstić information content (AvgIpc) is 2.63. The number of aryl methyl sites for hydroxylation is 1. The molecule has 1 amide bonds. The molecule has 1 heterocycles. The third kappa shape index (κ3) is 4.51. The monoisotopic (exact) mass is 395 g/mol. The highest BCUT2D eigenvalue weighted by Crippen LogP contribution is 2.34. The van der Waals surface area contributed by atoms with E-state index < -0.39 is 6.04 Å². The van der Waals surface area contributed by atoms with Crippen LogP contribution in [-0.4, -0.2) is 17.1 Å². The molecule has 3 rings (SSSR count). The number of hydrogen-bond acceptors (Lipinski definition) is 3. The van der Waals surface area contributed by atoms with Crippen molar-refractivity contribution >= 4 is 28.9 Å². The number of carbonyl (C=O) groups excluding carboxylic acids is 1. The van der Waals surface area contributed by atoms with Gasteiger partial charge in [-0.3, -0.25) is 4.79 Å². The lowest BCUT2D eigenvalue weighted by Gasteiger charge is -2.31. The molecule has 0 aromatic heterocycles. The highest BCUT2D eigenvalue weighted by atomic mass is 32.1. The number of hydrogen-bond donors (Lipinski definition) is 3. The van der Waals surface area contributed by atoms with E-state index in [0.29, 0.717) is 10.7 Å². The molecule has 1 aliphatic rings. The van der Waals surface area contributed by atoms with Crippen LogP contribution in [-0.2, 0) is 4.79 Å². The zero-order chi connectivity index (χ0) is 20.3. The fourth-order valence-corrected chi connectivity index (χ4v) is 3.41. The summed E-state index contributed by atoms with van der Waals surface area (Å²) in [6.07, 6.45) is 0.0183. The quantitative estimate of drug-likeness (QED) is 0.662. The van der Waals surface area contributed by atoms with Crippen LogP contribution in [0.3, 0.4) is 0 Å². The molecule has 0 unspecified atom stereocenters. The van der Waals surface area contributed by atoms with Crippen molar-refractivity contribution in [1.29, 1.82) is 0 Å². The van der Waals surface area contributed by atoms with Gasteiger partial charge in [0.2, 0.25) is 0 Å². The predicted octanol–water partition coefficient (Wildman–Crippen LogP) is 4.21. The van der Waals surface area contributed by atoms with Gasteiger partial charge in [-0.2, -0.15) is 0 Å². The van der Waals surface area contributed by atoms with E-state index >= 15 is 0 Å². The Morgan fingerprint density at radius 3 is 2.46 bits per heavy atom. The molecule has 2 aromatic carbocycles. The van der Waals surface area contributed by atoms with Gasteiger partial charge in [-0.05, 0) is 58.1 Å². The summed E-state index contributed by atoms with van der Waals surface area (Å²) in [5, 5.41) is 9.75. The summed E-state index contributed by atoms with van der Waals surface area (Å²) >= 11 is 5.35. The van der Waals surface area contributed by atoms with Crippen molar-refractivity contribution in [3.8, 4) is 5.75 Å². The minimum absolute atomic E-state index is 0.0183. The fourth-order valence-electron chi connectivity index (χ4n) is 3.14. The smallest absolute Gasteiger partial charge is 0.255 e. The van der Waals surface area contributed by atoms with Gasteiger partial charge in [0.1, 0.15) is 5.75 Å². The highest BCUT2D eigenvalue weighted by molar-refractivity contribution is 7.80. The SMILES string of the molecule is CC1=C(C(=O)Nc2ccc(C)cc2)[C@H](c2ccccc2OC(C)C)NC(=S)N1. The van der Waals surface area contributed by atoms with Crippen LogP contribution in [0.2, 0.25) is 0 Å². The molecule has 0 spiro atoms. The Morgan fingerprint density at radius 2 is 1.79 bits per heavy atom. The summed E-state index contributed by atoms with van der Waals surface area (Å²) in [5.41, 5.74) is 4.05. The Hall–Kier alpha value is -2.86. The maximum Gasteiger partial charge on any atom is 0.255 e. The first-order valence-corrected chi connectivity index (χ1v) is 9.68. The van der Waals surface area contributed by atoms with Gasteiger partial charge in [0, 0.05) is 16.9 Å². The topological polar surface area (TPSA) is 62.4 Å². The van der Waals surface area contributed by atoms with Crippen LogP contribution in [0.25, 0.3) is 0 Å². The fraction of sp³-hybridized carbons (Fsp3) is 0.273. The van der Waals surface area contributed by atoms with Gasteiger partial charge in [0.15, 0.2) is 5.11 Å².